The van der Waals surface area contributed by atoms with Gasteiger partial charge in [0.15, 0.2) is 0 Å². The molecule has 0 saturated carbocycles. The molecule has 2 aliphatic heterocycles. The van der Waals surface area contributed by atoms with Gasteiger partial charge < -0.3 is 20.3 Å². The summed E-state index contributed by atoms with van der Waals surface area (Å²) in [4.78, 5) is 16.8. The SMILES string of the molecule is CN1CCN(C(=O)C(CN)CC2CCOCC2)CC1. The summed E-state index contributed by atoms with van der Waals surface area (Å²) in [5.41, 5.74) is 5.84. The third-order valence-corrected chi connectivity index (χ3v) is 4.41. The first-order valence-corrected chi connectivity index (χ1v) is 7.46. The minimum Gasteiger partial charge on any atom is -0.381 e. The summed E-state index contributed by atoms with van der Waals surface area (Å²) in [6, 6.07) is 0. The van der Waals surface area contributed by atoms with Crippen LogP contribution < -0.4 is 5.73 Å². The number of nitrogens with two attached hydrogens (primary N) is 1. The third kappa shape index (κ3) is 4.16. The number of hydrogen-bond acceptors (Lipinski definition) is 4. The van der Waals surface area contributed by atoms with Crippen molar-refractivity contribution in [2.45, 2.75) is 19.3 Å². The van der Waals surface area contributed by atoms with E-state index in [1.54, 1.807) is 0 Å². The number of carbonyl (C=O) groups is 1. The van der Waals surface area contributed by atoms with Gasteiger partial charge in [-0.1, -0.05) is 0 Å². The highest BCUT2D eigenvalue weighted by molar-refractivity contribution is 5.79. The molecule has 2 aliphatic rings. The van der Waals surface area contributed by atoms with Crippen molar-refractivity contribution in [2.24, 2.45) is 17.6 Å². The van der Waals surface area contributed by atoms with Crippen molar-refractivity contribution in [3.63, 3.8) is 0 Å². The Morgan fingerprint density at radius 3 is 2.47 bits per heavy atom. The summed E-state index contributed by atoms with van der Waals surface area (Å²) in [7, 11) is 2.10. The molecule has 0 aromatic carbocycles. The molecular weight excluding hydrogens is 242 g/mol. The molecule has 0 aromatic heterocycles. The van der Waals surface area contributed by atoms with Gasteiger partial charge in [0.2, 0.25) is 5.91 Å². The van der Waals surface area contributed by atoms with Crippen LogP contribution in [0.25, 0.3) is 0 Å². The predicted octanol–water partition coefficient (Wildman–Crippen LogP) is 0.152. The van der Waals surface area contributed by atoms with Gasteiger partial charge in [0.1, 0.15) is 0 Å². The first-order valence-electron chi connectivity index (χ1n) is 7.46. The van der Waals surface area contributed by atoms with E-state index in [0.717, 1.165) is 58.7 Å². The quantitative estimate of drug-likeness (QED) is 0.789. The fraction of sp³-hybridized carbons (Fsp3) is 0.929. The Kier molecular flexibility index (Phi) is 5.60. The number of nitrogens with zero attached hydrogens (tertiary/aromatic N) is 2. The lowest BCUT2D eigenvalue weighted by Crippen LogP contribution is -2.50. The molecule has 1 amide bonds. The van der Waals surface area contributed by atoms with Crippen molar-refractivity contribution in [3.8, 4) is 0 Å². The molecular formula is C14H27N3O2. The van der Waals surface area contributed by atoms with Crippen LogP contribution in [-0.4, -0.2) is 68.7 Å². The predicted molar refractivity (Wildman–Crippen MR) is 74.8 cm³/mol. The summed E-state index contributed by atoms with van der Waals surface area (Å²) in [6.45, 7) is 5.79. The molecule has 2 fully saturated rings. The molecule has 0 bridgehead atoms. The molecule has 2 rings (SSSR count). The second kappa shape index (κ2) is 7.22. The number of amides is 1. The highest BCUT2D eigenvalue weighted by Crippen LogP contribution is 2.24. The molecule has 2 N–H and O–H groups in total. The smallest absolute Gasteiger partial charge is 0.227 e. The van der Waals surface area contributed by atoms with E-state index < -0.39 is 0 Å². The highest BCUT2D eigenvalue weighted by atomic mass is 16.5. The van der Waals surface area contributed by atoms with Gasteiger partial charge in [0, 0.05) is 45.9 Å². The zero-order valence-corrected chi connectivity index (χ0v) is 12.0. The van der Waals surface area contributed by atoms with Gasteiger partial charge in [0.05, 0.1) is 5.92 Å². The fourth-order valence-electron chi connectivity index (χ4n) is 2.97. The molecule has 0 aliphatic carbocycles. The zero-order valence-electron chi connectivity index (χ0n) is 12.0. The molecule has 0 aromatic rings. The summed E-state index contributed by atoms with van der Waals surface area (Å²) in [5.74, 6) is 0.882. The normalized spacial score (nSPS) is 24.4. The van der Waals surface area contributed by atoms with E-state index in [1.165, 1.54) is 0 Å². The minimum atomic E-state index is 0.00602. The van der Waals surface area contributed by atoms with Crippen molar-refractivity contribution in [1.82, 2.24) is 9.80 Å². The van der Waals surface area contributed by atoms with Crippen LogP contribution in [-0.2, 0) is 9.53 Å². The Labute approximate surface area is 116 Å². The molecule has 1 unspecified atom stereocenters. The lowest BCUT2D eigenvalue weighted by atomic mass is 9.88. The van der Waals surface area contributed by atoms with Crippen LogP contribution in [0.3, 0.4) is 0 Å². The number of carbonyl (C=O) groups excluding carboxylic acids is 1. The van der Waals surface area contributed by atoms with E-state index >= 15 is 0 Å². The molecule has 2 saturated heterocycles. The summed E-state index contributed by atoms with van der Waals surface area (Å²) < 4.78 is 5.37. The minimum absolute atomic E-state index is 0.00602. The average molecular weight is 269 g/mol. The van der Waals surface area contributed by atoms with Crippen LogP contribution in [0, 0.1) is 11.8 Å². The van der Waals surface area contributed by atoms with E-state index in [1.807, 2.05) is 4.90 Å². The zero-order chi connectivity index (χ0) is 13.7. The van der Waals surface area contributed by atoms with E-state index in [2.05, 4.69) is 11.9 Å². The monoisotopic (exact) mass is 269 g/mol. The van der Waals surface area contributed by atoms with Gasteiger partial charge in [-0.25, -0.2) is 0 Å². The lowest BCUT2D eigenvalue weighted by Gasteiger charge is -2.35. The Balaban J connectivity index is 1.83. The van der Waals surface area contributed by atoms with Crippen molar-refractivity contribution in [3.05, 3.63) is 0 Å². The second-order valence-electron chi connectivity index (χ2n) is 5.85. The van der Waals surface area contributed by atoms with E-state index in [-0.39, 0.29) is 11.8 Å². The van der Waals surface area contributed by atoms with Crippen molar-refractivity contribution >= 4 is 5.91 Å². The standard InChI is InChI=1S/C14H27N3O2/c1-16-4-6-17(7-5-16)14(18)13(11-15)10-12-2-8-19-9-3-12/h12-13H,2-11,15H2,1H3. The van der Waals surface area contributed by atoms with E-state index in [4.69, 9.17) is 10.5 Å². The molecule has 1 atom stereocenters. The van der Waals surface area contributed by atoms with Crippen LogP contribution in [0.4, 0.5) is 0 Å². The Morgan fingerprint density at radius 1 is 1.26 bits per heavy atom. The topological polar surface area (TPSA) is 58.8 Å². The van der Waals surface area contributed by atoms with E-state index in [9.17, 15) is 4.79 Å². The first-order chi connectivity index (χ1) is 9.20. The fourth-order valence-corrected chi connectivity index (χ4v) is 2.97. The molecule has 110 valence electrons. The van der Waals surface area contributed by atoms with Gasteiger partial charge in [0.25, 0.3) is 0 Å². The number of hydrogen-bond donors (Lipinski definition) is 1. The summed E-state index contributed by atoms with van der Waals surface area (Å²) >= 11 is 0. The number of rotatable bonds is 4. The van der Waals surface area contributed by atoms with Gasteiger partial charge in [-0.05, 0) is 32.2 Å². The number of likely N-dealkylation sites (N-methyl/N-ethyl adjacent to an activating group) is 1. The van der Waals surface area contributed by atoms with Crippen molar-refractivity contribution < 1.29 is 9.53 Å². The van der Waals surface area contributed by atoms with Crippen LogP contribution in [0.2, 0.25) is 0 Å². The van der Waals surface area contributed by atoms with Gasteiger partial charge >= 0.3 is 0 Å². The molecule has 2 heterocycles. The lowest BCUT2D eigenvalue weighted by molar-refractivity contribution is -0.137. The van der Waals surface area contributed by atoms with Crippen molar-refractivity contribution in [2.75, 3.05) is 53.0 Å². The van der Waals surface area contributed by atoms with Crippen LogP contribution >= 0.6 is 0 Å². The third-order valence-electron chi connectivity index (χ3n) is 4.41. The van der Waals surface area contributed by atoms with Crippen LogP contribution in [0.1, 0.15) is 19.3 Å². The maximum atomic E-state index is 12.5. The summed E-state index contributed by atoms with van der Waals surface area (Å²) in [5, 5.41) is 0. The van der Waals surface area contributed by atoms with Crippen LogP contribution in [0.5, 0.6) is 0 Å². The van der Waals surface area contributed by atoms with Gasteiger partial charge in [-0.2, -0.15) is 0 Å². The molecule has 5 heteroatoms. The molecule has 0 radical (unpaired) electrons. The van der Waals surface area contributed by atoms with Gasteiger partial charge in [-0.3, -0.25) is 4.79 Å². The summed E-state index contributed by atoms with van der Waals surface area (Å²) in [6.07, 6.45) is 3.09. The Morgan fingerprint density at radius 2 is 1.89 bits per heavy atom. The first kappa shape index (κ1) is 14.8. The largest absolute Gasteiger partial charge is 0.381 e. The Bertz CT molecular complexity index is 284. The van der Waals surface area contributed by atoms with E-state index in [0.29, 0.717) is 12.5 Å². The highest BCUT2D eigenvalue weighted by Gasteiger charge is 2.28. The maximum absolute atomic E-state index is 12.5. The number of piperazine rings is 1. The Hall–Kier alpha value is -0.650. The molecule has 5 nitrogen and oxygen atoms in total. The van der Waals surface area contributed by atoms with Gasteiger partial charge in [-0.15, -0.1) is 0 Å². The second-order valence-corrected chi connectivity index (χ2v) is 5.85. The van der Waals surface area contributed by atoms with Crippen molar-refractivity contribution in [1.29, 1.82) is 0 Å². The molecule has 19 heavy (non-hydrogen) atoms. The number of ether oxygens (including phenoxy) is 1. The van der Waals surface area contributed by atoms with Crippen LogP contribution in [0.15, 0.2) is 0 Å². The maximum Gasteiger partial charge on any atom is 0.227 e. The molecule has 0 spiro atoms. The average Bonchev–Trinajstić information content (AvgIpc) is 2.46.